The molecule has 0 bridgehead atoms. The second-order valence-electron chi connectivity index (χ2n) is 2.58. The molecule has 1 aliphatic heterocycles. The molecule has 0 amide bonds. The van der Waals surface area contributed by atoms with E-state index in [1.807, 2.05) is 4.57 Å². The van der Waals surface area contributed by atoms with Crippen molar-refractivity contribution in [2.24, 2.45) is 0 Å². The molecule has 0 aromatic carbocycles. The molecule has 0 saturated carbocycles. The van der Waals surface area contributed by atoms with Gasteiger partial charge in [-0.15, -0.1) is 10.2 Å². The van der Waals surface area contributed by atoms with Crippen molar-refractivity contribution in [2.45, 2.75) is 32.2 Å². The van der Waals surface area contributed by atoms with Crippen molar-refractivity contribution in [1.29, 1.82) is 0 Å². The molecular weight excluding hydrogens is 126 g/mol. The molecule has 0 saturated heterocycles. The highest BCUT2D eigenvalue weighted by Crippen LogP contribution is 2.10. The number of fused-ring (bicyclic) bond motifs is 1. The van der Waals surface area contributed by atoms with E-state index in [1.54, 1.807) is 6.33 Å². The van der Waals surface area contributed by atoms with Crippen LogP contribution in [0.1, 0.15) is 26.5 Å². The molecule has 0 fully saturated rings. The van der Waals surface area contributed by atoms with Crippen molar-refractivity contribution in [3.05, 3.63) is 12.2 Å². The zero-order valence-electron chi connectivity index (χ0n) is 6.82. The molecule has 0 aliphatic carbocycles. The van der Waals surface area contributed by atoms with Crippen LogP contribution in [0.25, 0.3) is 0 Å². The van der Waals surface area contributed by atoms with Gasteiger partial charge in [0.25, 0.3) is 0 Å². The topological polar surface area (TPSA) is 30.7 Å². The summed E-state index contributed by atoms with van der Waals surface area (Å²) in [5.74, 6) is 0.836. The summed E-state index contributed by atoms with van der Waals surface area (Å²) in [4.78, 5) is 0. The Balaban J connectivity index is 2.34. The van der Waals surface area contributed by atoms with Crippen LogP contribution in [0.4, 0.5) is 0 Å². The predicted molar refractivity (Wildman–Crippen MR) is 37.6 cm³/mol. The SMILES string of the molecule is [2H]C1CCCCn2cnnc21. The summed E-state index contributed by atoms with van der Waals surface area (Å²) in [6.45, 7) is 0.984. The number of nitrogens with zero attached hydrogens (tertiary/aromatic N) is 3. The highest BCUT2D eigenvalue weighted by molar-refractivity contribution is 4.87. The number of aryl methyl sites for hydroxylation is 2. The third-order valence-electron chi connectivity index (χ3n) is 1.83. The fourth-order valence-corrected chi connectivity index (χ4v) is 1.25. The highest BCUT2D eigenvalue weighted by Gasteiger charge is 2.06. The number of hydrogen-bond donors (Lipinski definition) is 0. The van der Waals surface area contributed by atoms with Gasteiger partial charge in [0.05, 0.1) is 0 Å². The van der Waals surface area contributed by atoms with E-state index in [-0.39, 0.29) is 6.40 Å². The Labute approximate surface area is 61.5 Å². The molecule has 0 spiro atoms. The number of rotatable bonds is 0. The smallest absolute Gasteiger partial charge is 0.132 e. The standard InChI is InChI=1S/C7H11N3/c1-2-4-7-9-8-6-10(7)5-3-1/h6H,1-5H2/i4D. The number of aromatic nitrogens is 3. The summed E-state index contributed by atoms with van der Waals surface area (Å²) >= 11 is 0. The van der Waals surface area contributed by atoms with Crippen LogP contribution in [-0.2, 0) is 12.9 Å². The zero-order valence-corrected chi connectivity index (χ0v) is 5.82. The predicted octanol–water partition coefficient (Wildman–Crippen LogP) is 1.00. The van der Waals surface area contributed by atoms with E-state index in [4.69, 9.17) is 1.37 Å². The minimum atomic E-state index is -0.153. The Bertz CT molecular complexity index is 246. The van der Waals surface area contributed by atoms with Crippen molar-refractivity contribution in [3.8, 4) is 0 Å². The maximum Gasteiger partial charge on any atom is 0.132 e. The van der Waals surface area contributed by atoms with Gasteiger partial charge in [-0.2, -0.15) is 0 Å². The van der Waals surface area contributed by atoms with Gasteiger partial charge in [0.1, 0.15) is 12.2 Å². The quantitative estimate of drug-likeness (QED) is 0.535. The zero-order chi connectivity index (χ0) is 7.68. The van der Waals surface area contributed by atoms with E-state index in [0.717, 1.165) is 31.6 Å². The van der Waals surface area contributed by atoms with Crippen LogP contribution in [0.5, 0.6) is 0 Å². The molecule has 1 unspecified atom stereocenters. The Hall–Kier alpha value is -0.860. The first kappa shape index (κ1) is 4.88. The lowest BCUT2D eigenvalue weighted by molar-refractivity contribution is 0.632. The van der Waals surface area contributed by atoms with Gasteiger partial charge in [-0.05, 0) is 12.8 Å². The monoisotopic (exact) mass is 138 g/mol. The Morgan fingerprint density at radius 3 is 3.50 bits per heavy atom. The summed E-state index contributed by atoms with van der Waals surface area (Å²) in [6, 6.07) is 0. The molecule has 3 heteroatoms. The Morgan fingerprint density at radius 2 is 2.50 bits per heavy atom. The van der Waals surface area contributed by atoms with Crippen LogP contribution >= 0.6 is 0 Å². The Morgan fingerprint density at radius 1 is 1.50 bits per heavy atom. The first-order chi connectivity index (χ1) is 5.38. The van der Waals surface area contributed by atoms with Crippen LogP contribution in [0.3, 0.4) is 0 Å². The average molecular weight is 138 g/mol. The van der Waals surface area contributed by atoms with Gasteiger partial charge in [-0.3, -0.25) is 0 Å². The fourth-order valence-electron chi connectivity index (χ4n) is 1.25. The van der Waals surface area contributed by atoms with Gasteiger partial charge in [0.2, 0.25) is 0 Å². The summed E-state index contributed by atoms with van der Waals surface area (Å²) in [7, 11) is 0. The lowest BCUT2D eigenvalue weighted by Crippen LogP contribution is -1.98. The molecule has 0 N–H and O–H groups in total. The molecule has 3 nitrogen and oxygen atoms in total. The molecule has 0 radical (unpaired) electrons. The molecule has 1 aromatic rings. The molecule has 2 rings (SSSR count). The molecule has 2 heterocycles. The van der Waals surface area contributed by atoms with Gasteiger partial charge in [-0.25, -0.2) is 0 Å². The maximum atomic E-state index is 7.69. The van der Waals surface area contributed by atoms with E-state index in [1.165, 1.54) is 0 Å². The van der Waals surface area contributed by atoms with Crippen LogP contribution in [-0.4, -0.2) is 14.8 Å². The summed E-state index contributed by atoms with van der Waals surface area (Å²) in [5.41, 5.74) is 0. The first-order valence-corrected chi connectivity index (χ1v) is 3.68. The fraction of sp³-hybridized carbons (Fsp3) is 0.714. The summed E-state index contributed by atoms with van der Waals surface area (Å²) in [6.07, 6.45) is 4.79. The van der Waals surface area contributed by atoms with E-state index in [0.29, 0.717) is 0 Å². The molecular formula is C7H11N3. The lowest BCUT2D eigenvalue weighted by Gasteiger charge is -1.97. The van der Waals surface area contributed by atoms with Crippen molar-refractivity contribution in [1.82, 2.24) is 14.8 Å². The van der Waals surface area contributed by atoms with Gasteiger partial charge >= 0.3 is 0 Å². The van der Waals surface area contributed by atoms with Gasteiger partial charge in [-0.1, -0.05) is 6.42 Å². The minimum absolute atomic E-state index is 0.153. The van der Waals surface area contributed by atoms with E-state index >= 15 is 0 Å². The highest BCUT2D eigenvalue weighted by atomic mass is 15.3. The van der Waals surface area contributed by atoms with E-state index in [2.05, 4.69) is 10.2 Å². The molecule has 1 atom stereocenters. The van der Waals surface area contributed by atoms with Gasteiger partial charge < -0.3 is 4.57 Å². The third-order valence-corrected chi connectivity index (χ3v) is 1.83. The molecule has 54 valence electrons. The van der Waals surface area contributed by atoms with Crippen molar-refractivity contribution >= 4 is 0 Å². The van der Waals surface area contributed by atoms with Crippen LogP contribution < -0.4 is 0 Å². The summed E-state index contributed by atoms with van der Waals surface area (Å²) < 4.78 is 9.68. The minimum Gasteiger partial charge on any atom is -0.318 e. The van der Waals surface area contributed by atoms with Gasteiger partial charge in [0.15, 0.2) is 0 Å². The maximum absolute atomic E-state index is 7.69. The first-order valence-electron chi connectivity index (χ1n) is 4.25. The average Bonchev–Trinajstić information content (AvgIpc) is 2.40. The van der Waals surface area contributed by atoms with Crippen molar-refractivity contribution in [2.75, 3.05) is 0 Å². The van der Waals surface area contributed by atoms with Crippen molar-refractivity contribution < 1.29 is 1.37 Å². The molecule has 1 aromatic heterocycles. The Kier molecular flexibility index (Phi) is 1.17. The van der Waals surface area contributed by atoms with Crippen molar-refractivity contribution in [3.63, 3.8) is 0 Å². The normalized spacial score (nSPS) is 26.8. The van der Waals surface area contributed by atoms with Crippen LogP contribution in [0, 0.1) is 0 Å². The largest absolute Gasteiger partial charge is 0.318 e. The summed E-state index contributed by atoms with van der Waals surface area (Å²) in [5, 5.41) is 7.71. The lowest BCUT2D eigenvalue weighted by atomic mass is 10.2. The molecule has 1 aliphatic rings. The number of hydrogen-bond acceptors (Lipinski definition) is 2. The van der Waals surface area contributed by atoms with Crippen LogP contribution in [0.2, 0.25) is 0 Å². The molecule has 10 heavy (non-hydrogen) atoms. The van der Waals surface area contributed by atoms with Gasteiger partial charge in [0, 0.05) is 14.3 Å². The van der Waals surface area contributed by atoms with Crippen LogP contribution in [0.15, 0.2) is 6.33 Å². The van der Waals surface area contributed by atoms with E-state index < -0.39 is 0 Å². The van der Waals surface area contributed by atoms with E-state index in [9.17, 15) is 0 Å². The second-order valence-corrected chi connectivity index (χ2v) is 2.58. The second kappa shape index (κ2) is 2.40. The third kappa shape index (κ3) is 0.916.